The lowest BCUT2D eigenvalue weighted by molar-refractivity contribution is -0.0192. The fourth-order valence-electron chi connectivity index (χ4n) is 3.76. The van der Waals surface area contributed by atoms with Crippen LogP contribution in [0.2, 0.25) is 5.02 Å². The van der Waals surface area contributed by atoms with Crippen LogP contribution in [0.1, 0.15) is 35.4 Å². The number of nitrogens with zero attached hydrogens (tertiary/aromatic N) is 2. The Hall–Kier alpha value is -2.92. The van der Waals surface area contributed by atoms with Gasteiger partial charge in [0.25, 0.3) is 0 Å². The monoisotopic (exact) mass is 396 g/mol. The zero-order chi connectivity index (χ0) is 19.3. The molecule has 2 aliphatic heterocycles. The molecule has 0 amide bonds. The summed E-state index contributed by atoms with van der Waals surface area (Å²) < 4.78 is 33.3. The number of hydrogen-bond donors (Lipinski definition) is 0. The Morgan fingerprint density at radius 3 is 2.57 bits per heavy atom. The first-order valence-corrected chi connectivity index (χ1v) is 9.29. The highest BCUT2D eigenvalue weighted by Crippen LogP contribution is 2.48. The Kier molecular flexibility index (Phi) is 4.05. The minimum atomic E-state index is -0.563. The van der Waals surface area contributed by atoms with Crippen molar-refractivity contribution in [3.05, 3.63) is 100 Å². The van der Waals surface area contributed by atoms with Gasteiger partial charge in [0.1, 0.15) is 17.4 Å². The lowest BCUT2D eigenvalue weighted by atomic mass is 9.96. The average molecular weight is 397 g/mol. The summed E-state index contributed by atoms with van der Waals surface area (Å²) in [6.45, 7) is 0. The number of hydrogen-bond acceptors (Lipinski definition) is 3. The summed E-state index contributed by atoms with van der Waals surface area (Å²) in [5.41, 5.74) is 3.27. The minimum absolute atomic E-state index is 0.101. The maximum Gasteiger partial charge on any atom is 0.213 e. The van der Waals surface area contributed by atoms with E-state index in [-0.39, 0.29) is 17.7 Å². The van der Waals surface area contributed by atoms with Crippen LogP contribution in [0.25, 0.3) is 0 Å². The van der Waals surface area contributed by atoms with Gasteiger partial charge in [0.15, 0.2) is 0 Å². The van der Waals surface area contributed by atoms with E-state index in [0.29, 0.717) is 22.8 Å². The predicted octanol–water partition coefficient (Wildman–Crippen LogP) is 5.86. The van der Waals surface area contributed by atoms with Crippen LogP contribution >= 0.6 is 11.6 Å². The third-order valence-electron chi connectivity index (χ3n) is 5.06. The molecule has 0 radical (unpaired) electrons. The second-order valence-corrected chi connectivity index (χ2v) is 7.30. The highest BCUT2D eigenvalue weighted by atomic mass is 35.5. The van der Waals surface area contributed by atoms with Crippen LogP contribution < -0.4 is 4.74 Å². The van der Waals surface area contributed by atoms with Crippen LogP contribution in [0.15, 0.2) is 71.8 Å². The molecule has 2 atom stereocenters. The fraction of sp³-hybridized carbons (Fsp3) is 0.136. The molecule has 2 heterocycles. The molecule has 0 saturated heterocycles. The largest absolute Gasteiger partial charge is 0.464 e. The van der Waals surface area contributed by atoms with Crippen molar-refractivity contribution >= 4 is 17.3 Å². The molecule has 6 heteroatoms. The number of hydrazone groups is 1. The van der Waals surface area contributed by atoms with Gasteiger partial charge in [-0.2, -0.15) is 5.10 Å². The Morgan fingerprint density at radius 1 is 0.964 bits per heavy atom. The molecule has 0 fully saturated rings. The van der Waals surface area contributed by atoms with E-state index in [1.54, 1.807) is 24.3 Å². The summed E-state index contributed by atoms with van der Waals surface area (Å²) in [6.07, 6.45) is 0.0565. The first-order valence-electron chi connectivity index (χ1n) is 8.92. The molecule has 0 aliphatic carbocycles. The zero-order valence-electron chi connectivity index (χ0n) is 14.6. The molecule has 2 aliphatic rings. The van der Waals surface area contributed by atoms with Crippen LogP contribution in [0.3, 0.4) is 0 Å². The normalized spacial score (nSPS) is 20.2. The van der Waals surface area contributed by atoms with Crippen LogP contribution in [0, 0.1) is 11.6 Å². The maximum atomic E-state index is 13.8. The van der Waals surface area contributed by atoms with E-state index in [2.05, 4.69) is 0 Å². The molecule has 0 saturated carbocycles. The molecule has 3 aromatic rings. The topological polar surface area (TPSA) is 24.8 Å². The molecule has 5 rings (SSSR count). The highest BCUT2D eigenvalue weighted by Gasteiger charge is 2.41. The third-order valence-corrected chi connectivity index (χ3v) is 5.30. The second kappa shape index (κ2) is 6.60. The SMILES string of the molecule is Fc1ccc(C2=NN3C(C2)c2cc(Cl)ccc2OC3c2cccc(F)c2)cc1. The smallest absolute Gasteiger partial charge is 0.213 e. The van der Waals surface area contributed by atoms with E-state index in [9.17, 15) is 8.78 Å². The summed E-state index contributed by atoms with van der Waals surface area (Å²) in [4.78, 5) is 0. The zero-order valence-corrected chi connectivity index (χ0v) is 15.4. The van der Waals surface area contributed by atoms with Gasteiger partial charge in [-0.25, -0.2) is 13.8 Å². The number of benzene rings is 3. The summed E-state index contributed by atoms with van der Waals surface area (Å²) in [5, 5.41) is 7.22. The van der Waals surface area contributed by atoms with Gasteiger partial charge in [0.05, 0.1) is 11.8 Å². The lowest BCUT2D eigenvalue weighted by Crippen LogP contribution is -2.33. The quantitative estimate of drug-likeness (QED) is 0.542. The summed E-state index contributed by atoms with van der Waals surface area (Å²) in [7, 11) is 0. The van der Waals surface area contributed by atoms with Gasteiger partial charge in [-0.1, -0.05) is 35.9 Å². The molecular weight excluding hydrogens is 382 g/mol. The van der Waals surface area contributed by atoms with E-state index in [1.807, 2.05) is 23.2 Å². The number of halogens is 3. The number of fused-ring (bicyclic) bond motifs is 3. The molecule has 3 aromatic carbocycles. The van der Waals surface area contributed by atoms with E-state index in [0.717, 1.165) is 16.8 Å². The van der Waals surface area contributed by atoms with E-state index < -0.39 is 6.23 Å². The van der Waals surface area contributed by atoms with Crippen molar-refractivity contribution in [3.63, 3.8) is 0 Å². The van der Waals surface area contributed by atoms with Crippen molar-refractivity contribution in [1.29, 1.82) is 0 Å². The van der Waals surface area contributed by atoms with Crippen molar-refractivity contribution in [1.82, 2.24) is 5.01 Å². The summed E-state index contributed by atoms with van der Waals surface area (Å²) >= 11 is 6.21. The van der Waals surface area contributed by atoms with Crippen molar-refractivity contribution in [2.75, 3.05) is 0 Å². The van der Waals surface area contributed by atoms with Crippen LogP contribution in [-0.2, 0) is 0 Å². The molecule has 2 unspecified atom stereocenters. The maximum absolute atomic E-state index is 13.8. The molecule has 0 aromatic heterocycles. The standard InChI is InChI=1S/C22H15ClF2N2O/c23-15-6-9-21-18(11-15)20-12-19(13-4-7-16(24)8-5-13)26-27(20)22(28-21)14-2-1-3-17(25)10-14/h1-11,20,22H,12H2. The molecule has 0 N–H and O–H groups in total. The van der Waals surface area contributed by atoms with Crippen LogP contribution in [-0.4, -0.2) is 10.7 Å². The van der Waals surface area contributed by atoms with Gasteiger partial charge in [-0.05, 0) is 48.0 Å². The van der Waals surface area contributed by atoms with Crippen molar-refractivity contribution in [3.8, 4) is 5.75 Å². The summed E-state index contributed by atoms with van der Waals surface area (Å²) in [6, 6.07) is 18.0. The fourth-order valence-corrected chi connectivity index (χ4v) is 3.94. The van der Waals surface area contributed by atoms with Gasteiger partial charge in [-0.15, -0.1) is 0 Å². The second-order valence-electron chi connectivity index (χ2n) is 6.86. The molecule has 140 valence electrons. The van der Waals surface area contributed by atoms with Crippen LogP contribution in [0.5, 0.6) is 5.75 Å². The van der Waals surface area contributed by atoms with Gasteiger partial charge >= 0.3 is 0 Å². The average Bonchev–Trinajstić information content (AvgIpc) is 3.14. The molecule has 28 heavy (non-hydrogen) atoms. The van der Waals surface area contributed by atoms with Gasteiger partial charge in [0, 0.05) is 22.6 Å². The van der Waals surface area contributed by atoms with Gasteiger partial charge in [-0.3, -0.25) is 0 Å². The van der Waals surface area contributed by atoms with Crippen molar-refractivity contribution in [2.24, 2.45) is 5.10 Å². The highest BCUT2D eigenvalue weighted by molar-refractivity contribution is 6.30. The Morgan fingerprint density at radius 2 is 1.79 bits per heavy atom. The number of rotatable bonds is 2. The van der Waals surface area contributed by atoms with E-state index >= 15 is 0 Å². The van der Waals surface area contributed by atoms with Crippen molar-refractivity contribution in [2.45, 2.75) is 18.7 Å². The van der Waals surface area contributed by atoms with Crippen LogP contribution in [0.4, 0.5) is 8.78 Å². The molecule has 0 spiro atoms. The third kappa shape index (κ3) is 2.92. The van der Waals surface area contributed by atoms with E-state index in [4.69, 9.17) is 21.4 Å². The first-order chi connectivity index (χ1) is 13.6. The Bertz CT molecular complexity index is 1080. The lowest BCUT2D eigenvalue weighted by Gasteiger charge is -2.38. The van der Waals surface area contributed by atoms with Gasteiger partial charge in [0.2, 0.25) is 6.23 Å². The van der Waals surface area contributed by atoms with Gasteiger partial charge < -0.3 is 4.74 Å². The van der Waals surface area contributed by atoms with Crippen molar-refractivity contribution < 1.29 is 13.5 Å². The molecule has 0 bridgehead atoms. The molecule has 3 nitrogen and oxygen atoms in total. The first kappa shape index (κ1) is 17.2. The summed E-state index contributed by atoms with van der Waals surface area (Å²) in [5.74, 6) is 0.0788. The Balaban J connectivity index is 1.61. The number of ether oxygens (including phenoxy) is 1. The van der Waals surface area contributed by atoms with E-state index in [1.165, 1.54) is 24.3 Å². The molecular formula is C22H15ClF2N2O. The Labute approximate surface area is 165 Å². The minimum Gasteiger partial charge on any atom is -0.464 e. The predicted molar refractivity (Wildman–Crippen MR) is 103 cm³/mol.